The Kier molecular flexibility index (Phi) is 5.53. The molecule has 2 amide bonds. The van der Waals surface area contributed by atoms with E-state index in [1.807, 2.05) is 30.0 Å². The van der Waals surface area contributed by atoms with Gasteiger partial charge in [-0.3, -0.25) is 14.7 Å². The predicted molar refractivity (Wildman–Crippen MR) is 105 cm³/mol. The third kappa shape index (κ3) is 3.72. The van der Waals surface area contributed by atoms with Crippen LogP contribution in [0.5, 0.6) is 0 Å². The first-order chi connectivity index (χ1) is 13.6. The number of nitrogens with zero attached hydrogens (tertiary/aromatic N) is 4. The second-order valence-corrected chi connectivity index (χ2v) is 8.22. The van der Waals surface area contributed by atoms with Crippen LogP contribution in [0.2, 0.25) is 0 Å². The fourth-order valence-electron chi connectivity index (χ4n) is 4.95. The molecule has 7 nitrogen and oxygen atoms in total. The second kappa shape index (κ2) is 8.07. The van der Waals surface area contributed by atoms with E-state index < -0.39 is 0 Å². The smallest absolute Gasteiger partial charge is 0.409 e. The summed E-state index contributed by atoms with van der Waals surface area (Å²) in [7, 11) is 0. The number of piperidine rings is 1. The molecule has 152 valence electrons. The molecule has 3 saturated heterocycles. The Morgan fingerprint density at radius 1 is 1.21 bits per heavy atom. The summed E-state index contributed by atoms with van der Waals surface area (Å²) in [5, 5.41) is 0. The van der Waals surface area contributed by atoms with Crippen LogP contribution in [0.1, 0.15) is 38.3 Å². The summed E-state index contributed by atoms with van der Waals surface area (Å²) in [6, 6.07) is 6.32. The van der Waals surface area contributed by atoms with E-state index in [0.29, 0.717) is 25.1 Å². The molecule has 7 heteroatoms. The van der Waals surface area contributed by atoms with E-state index in [4.69, 9.17) is 4.74 Å². The van der Waals surface area contributed by atoms with Gasteiger partial charge in [-0.1, -0.05) is 6.07 Å². The van der Waals surface area contributed by atoms with Gasteiger partial charge in [-0.05, 0) is 51.3 Å². The highest BCUT2D eigenvalue weighted by Gasteiger charge is 2.51. The van der Waals surface area contributed by atoms with Gasteiger partial charge in [0.25, 0.3) is 0 Å². The van der Waals surface area contributed by atoms with Crippen LogP contribution in [0, 0.1) is 5.41 Å². The van der Waals surface area contributed by atoms with Gasteiger partial charge in [0, 0.05) is 38.4 Å². The molecule has 0 N–H and O–H groups in total. The van der Waals surface area contributed by atoms with Crippen molar-refractivity contribution < 1.29 is 14.3 Å². The number of pyridine rings is 1. The molecule has 3 aliphatic rings. The molecule has 1 atom stereocenters. The summed E-state index contributed by atoms with van der Waals surface area (Å²) in [5.41, 5.74) is 0.738. The van der Waals surface area contributed by atoms with Crippen LogP contribution in [0.15, 0.2) is 24.4 Å². The van der Waals surface area contributed by atoms with Gasteiger partial charge in [-0.25, -0.2) is 4.79 Å². The molecule has 3 fully saturated rings. The van der Waals surface area contributed by atoms with Crippen molar-refractivity contribution in [3.8, 4) is 0 Å². The summed E-state index contributed by atoms with van der Waals surface area (Å²) in [6.45, 7) is 7.01. The average Bonchev–Trinajstić information content (AvgIpc) is 3.29. The molecule has 0 radical (unpaired) electrons. The number of amides is 2. The number of rotatable bonds is 4. The Morgan fingerprint density at radius 3 is 2.71 bits per heavy atom. The SMILES string of the molecule is CCOC(=O)N1CCC(N2CCC3(CCN(Cc4ccccn4)C3=O)C2)CC1. The largest absolute Gasteiger partial charge is 0.450 e. The van der Waals surface area contributed by atoms with Gasteiger partial charge in [-0.2, -0.15) is 0 Å². The number of hydrogen-bond acceptors (Lipinski definition) is 5. The summed E-state index contributed by atoms with van der Waals surface area (Å²) in [4.78, 5) is 35.7. The van der Waals surface area contributed by atoms with Crippen molar-refractivity contribution >= 4 is 12.0 Å². The molecule has 1 unspecified atom stereocenters. The minimum atomic E-state index is -0.215. The van der Waals surface area contributed by atoms with E-state index in [1.165, 1.54) is 0 Å². The Morgan fingerprint density at radius 2 is 2.00 bits per heavy atom. The Hall–Kier alpha value is -2.15. The maximum Gasteiger partial charge on any atom is 0.409 e. The van der Waals surface area contributed by atoms with Crippen molar-refractivity contribution in [2.75, 3.05) is 39.3 Å². The van der Waals surface area contributed by atoms with Crippen molar-refractivity contribution in [3.63, 3.8) is 0 Å². The molecular weight excluding hydrogens is 356 g/mol. The van der Waals surface area contributed by atoms with E-state index in [9.17, 15) is 9.59 Å². The van der Waals surface area contributed by atoms with Crippen LogP contribution in [0.3, 0.4) is 0 Å². The zero-order chi connectivity index (χ0) is 19.6. The molecule has 28 heavy (non-hydrogen) atoms. The van der Waals surface area contributed by atoms with Crippen LogP contribution < -0.4 is 0 Å². The third-order valence-electron chi connectivity index (χ3n) is 6.57. The number of ether oxygens (including phenoxy) is 1. The van der Waals surface area contributed by atoms with E-state index in [1.54, 1.807) is 11.1 Å². The maximum atomic E-state index is 13.2. The van der Waals surface area contributed by atoms with Crippen LogP contribution >= 0.6 is 0 Å². The van der Waals surface area contributed by atoms with E-state index in [-0.39, 0.29) is 11.5 Å². The van der Waals surface area contributed by atoms with Gasteiger partial charge in [0.1, 0.15) is 0 Å². The summed E-state index contributed by atoms with van der Waals surface area (Å²) >= 11 is 0. The minimum absolute atomic E-state index is 0.199. The lowest BCUT2D eigenvalue weighted by molar-refractivity contribution is -0.136. The summed E-state index contributed by atoms with van der Waals surface area (Å²) in [6.07, 6.45) is 5.39. The van der Waals surface area contributed by atoms with Gasteiger partial charge in [0.05, 0.1) is 24.3 Å². The van der Waals surface area contributed by atoms with Crippen LogP contribution in [-0.2, 0) is 16.1 Å². The molecule has 3 aliphatic heterocycles. The zero-order valence-corrected chi connectivity index (χ0v) is 16.7. The Balaban J connectivity index is 1.32. The van der Waals surface area contributed by atoms with E-state index in [0.717, 1.165) is 64.1 Å². The Labute approximate surface area is 166 Å². The van der Waals surface area contributed by atoms with Gasteiger partial charge in [-0.15, -0.1) is 0 Å². The fraction of sp³-hybridized carbons (Fsp3) is 0.667. The highest BCUT2D eigenvalue weighted by molar-refractivity contribution is 5.85. The molecule has 0 saturated carbocycles. The van der Waals surface area contributed by atoms with Crippen molar-refractivity contribution in [1.82, 2.24) is 19.7 Å². The first-order valence-corrected chi connectivity index (χ1v) is 10.5. The minimum Gasteiger partial charge on any atom is -0.450 e. The number of hydrogen-bond donors (Lipinski definition) is 0. The second-order valence-electron chi connectivity index (χ2n) is 8.22. The van der Waals surface area contributed by atoms with Gasteiger partial charge in [0.2, 0.25) is 5.91 Å². The van der Waals surface area contributed by atoms with Gasteiger partial charge >= 0.3 is 6.09 Å². The van der Waals surface area contributed by atoms with Crippen LogP contribution in [0.4, 0.5) is 4.79 Å². The van der Waals surface area contributed by atoms with Crippen molar-refractivity contribution in [3.05, 3.63) is 30.1 Å². The summed E-state index contributed by atoms with van der Waals surface area (Å²) < 4.78 is 5.11. The lowest BCUT2D eigenvalue weighted by atomic mass is 9.85. The molecule has 0 aliphatic carbocycles. The van der Waals surface area contributed by atoms with Crippen molar-refractivity contribution in [2.24, 2.45) is 5.41 Å². The lowest BCUT2D eigenvalue weighted by Crippen LogP contribution is -2.47. The topological polar surface area (TPSA) is 66.0 Å². The fourth-order valence-corrected chi connectivity index (χ4v) is 4.95. The van der Waals surface area contributed by atoms with Crippen molar-refractivity contribution in [1.29, 1.82) is 0 Å². The molecule has 0 aromatic carbocycles. The van der Waals surface area contributed by atoms with Crippen molar-refractivity contribution in [2.45, 2.75) is 45.2 Å². The molecule has 1 aromatic rings. The highest BCUT2D eigenvalue weighted by atomic mass is 16.6. The number of likely N-dealkylation sites (tertiary alicyclic amines) is 3. The lowest BCUT2D eigenvalue weighted by Gasteiger charge is -2.36. The number of carbonyl (C=O) groups excluding carboxylic acids is 2. The predicted octanol–water partition coefficient (Wildman–Crippen LogP) is 2.13. The van der Waals surface area contributed by atoms with E-state index in [2.05, 4.69) is 9.88 Å². The Bertz CT molecular complexity index is 705. The highest BCUT2D eigenvalue weighted by Crippen LogP contribution is 2.42. The number of aromatic nitrogens is 1. The maximum absolute atomic E-state index is 13.2. The first kappa shape index (κ1) is 19.2. The van der Waals surface area contributed by atoms with E-state index >= 15 is 0 Å². The summed E-state index contributed by atoms with van der Waals surface area (Å²) in [5.74, 6) is 0.296. The van der Waals surface area contributed by atoms with Crippen LogP contribution in [0.25, 0.3) is 0 Å². The molecule has 4 heterocycles. The van der Waals surface area contributed by atoms with Crippen LogP contribution in [-0.4, -0.2) is 77.1 Å². The monoisotopic (exact) mass is 386 g/mol. The van der Waals surface area contributed by atoms with Gasteiger partial charge in [0.15, 0.2) is 0 Å². The third-order valence-corrected chi connectivity index (χ3v) is 6.57. The molecular formula is C21H30N4O3. The molecule has 4 rings (SSSR count). The molecule has 0 bridgehead atoms. The molecule has 1 aromatic heterocycles. The first-order valence-electron chi connectivity index (χ1n) is 10.5. The number of carbonyl (C=O) groups is 2. The zero-order valence-electron chi connectivity index (χ0n) is 16.7. The quantitative estimate of drug-likeness (QED) is 0.793. The normalized spacial score (nSPS) is 26.4. The average molecular weight is 386 g/mol. The molecule has 1 spiro atoms. The van der Waals surface area contributed by atoms with Gasteiger partial charge < -0.3 is 14.5 Å². The standard InChI is InChI=1S/C21H30N4O3/c1-2-28-20(27)23-11-6-18(7-12-23)25-14-9-21(16-25)8-13-24(19(21)26)15-17-5-3-4-10-22-17/h3-5,10,18H,2,6-9,11-16H2,1H3.